The summed E-state index contributed by atoms with van der Waals surface area (Å²) >= 11 is 0. The van der Waals surface area contributed by atoms with E-state index in [1.54, 1.807) is 0 Å². The van der Waals surface area contributed by atoms with Crippen molar-refractivity contribution in [1.82, 2.24) is 5.32 Å². The highest BCUT2D eigenvalue weighted by molar-refractivity contribution is 5.75. The maximum atomic E-state index is 11.5. The van der Waals surface area contributed by atoms with E-state index in [-0.39, 0.29) is 12.3 Å². The van der Waals surface area contributed by atoms with Crippen LogP contribution in [-0.4, -0.2) is 30.1 Å². The van der Waals surface area contributed by atoms with Gasteiger partial charge in [0.1, 0.15) is 0 Å². The maximum absolute atomic E-state index is 11.5. The van der Waals surface area contributed by atoms with Crippen molar-refractivity contribution >= 4 is 11.9 Å². The molecule has 1 amide bonds. The van der Waals surface area contributed by atoms with Gasteiger partial charge in [-0.15, -0.1) is 0 Å². The highest BCUT2D eigenvalue weighted by Crippen LogP contribution is 2.09. The van der Waals surface area contributed by atoms with Crippen molar-refractivity contribution in [3.05, 3.63) is 0 Å². The lowest BCUT2D eigenvalue weighted by atomic mass is 10.0. The summed E-state index contributed by atoms with van der Waals surface area (Å²) in [5.41, 5.74) is 5.48. The van der Waals surface area contributed by atoms with E-state index in [0.717, 1.165) is 12.8 Å². The molecule has 0 aliphatic carbocycles. The van der Waals surface area contributed by atoms with Gasteiger partial charge in [-0.3, -0.25) is 9.59 Å². The molecule has 0 spiro atoms. The van der Waals surface area contributed by atoms with Gasteiger partial charge in [-0.2, -0.15) is 0 Å². The normalized spacial score (nSPS) is 13.9. The minimum atomic E-state index is -0.762. The van der Waals surface area contributed by atoms with Crippen molar-refractivity contribution in [1.29, 1.82) is 0 Å². The molecule has 0 aromatic heterocycles. The van der Waals surface area contributed by atoms with Gasteiger partial charge in [0.2, 0.25) is 5.91 Å². The fraction of sp³-hybridized carbons (Fsp3) is 0.846. The van der Waals surface area contributed by atoms with Gasteiger partial charge < -0.3 is 16.2 Å². The largest absolute Gasteiger partial charge is 0.481 e. The van der Waals surface area contributed by atoms with Gasteiger partial charge in [0.25, 0.3) is 0 Å². The van der Waals surface area contributed by atoms with E-state index in [1.165, 1.54) is 0 Å². The van der Waals surface area contributed by atoms with E-state index in [0.29, 0.717) is 37.8 Å². The predicted molar refractivity (Wildman–Crippen MR) is 71.1 cm³/mol. The standard InChI is InChI=1S/C13H26N2O3/c1-10(4-6-13(17)18)7-8-15-12(16)5-3-11(2)9-14/h10-11H,3-9,14H2,1-2H3,(H,15,16)(H,17,18). The molecule has 0 aliphatic heterocycles. The zero-order valence-corrected chi connectivity index (χ0v) is 11.4. The first-order valence-electron chi connectivity index (χ1n) is 6.64. The van der Waals surface area contributed by atoms with Crippen molar-refractivity contribution in [2.45, 2.75) is 46.0 Å². The zero-order valence-electron chi connectivity index (χ0n) is 11.4. The number of carbonyl (C=O) groups excluding carboxylic acids is 1. The third-order valence-electron chi connectivity index (χ3n) is 3.08. The number of aliphatic carboxylic acids is 1. The Balaban J connectivity index is 3.52. The summed E-state index contributed by atoms with van der Waals surface area (Å²) in [5, 5.41) is 11.4. The van der Waals surface area contributed by atoms with E-state index in [9.17, 15) is 9.59 Å². The Bertz CT molecular complexity index is 257. The monoisotopic (exact) mass is 258 g/mol. The number of hydrogen-bond donors (Lipinski definition) is 3. The van der Waals surface area contributed by atoms with E-state index >= 15 is 0 Å². The van der Waals surface area contributed by atoms with E-state index in [1.807, 2.05) is 13.8 Å². The molecule has 0 radical (unpaired) electrons. The summed E-state index contributed by atoms with van der Waals surface area (Å²) in [7, 11) is 0. The van der Waals surface area contributed by atoms with Crippen LogP contribution < -0.4 is 11.1 Å². The third-order valence-corrected chi connectivity index (χ3v) is 3.08. The van der Waals surface area contributed by atoms with Crippen molar-refractivity contribution in [2.75, 3.05) is 13.1 Å². The van der Waals surface area contributed by atoms with Crippen LogP contribution >= 0.6 is 0 Å². The molecule has 0 saturated carbocycles. The molecule has 106 valence electrons. The van der Waals surface area contributed by atoms with Crippen molar-refractivity contribution in [2.24, 2.45) is 17.6 Å². The van der Waals surface area contributed by atoms with Crippen molar-refractivity contribution < 1.29 is 14.7 Å². The van der Waals surface area contributed by atoms with E-state index < -0.39 is 5.97 Å². The Kier molecular flexibility index (Phi) is 9.28. The maximum Gasteiger partial charge on any atom is 0.303 e. The van der Waals surface area contributed by atoms with Crippen LogP contribution in [-0.2, 0) is 9.59 Å². The summed E-state index contributed by atoms with van der Waals surface area (Å²) < 4.78 is 0. The third kappa shape index (κ3) is 10.1. The lowest BCUT2D eigenvalue weighted by molar-refractivity contribution is -0.137. The van der Waals surface area contributed by atoms with Crippen LogP contribution in [0.1, 0.15) is 46.0 Å². The molecule has 0 aliphatic rings. The second-order valence-electron chi connectivity index (χ2n) is 5.06. The van der Waals surface area contributed by atoms with E-state index in [4.69, 9.17) is 10.8 Å². The Hall–Kier alpha value is -1.10. The second kappa shape index (κ2) is 9.88. The molecule has 2 unspecified atom stereocenters. The highest BCUT2D eigenvalue weighted by Gasteiger charge is 2.08. The van der Waals surface area contributed by atoms with Crippen LogP contribution in [0.2, 0.25) is 0 Å². The minimum Gasteiger partial charge on any atom is -0.481 e. The number of carboxylic acids is 1. The molecule has 0 aromatic carbocycles. The Morgan fingerprint density at radius 3 is 2.28 bits per heavy atom. The molecule has 0 fully saturated rings. The lowest BCUT2D eigenvalue weighted by Gasteiger charge is -2.11. The molecule has 0 saturated heterocycles. The molecule has 2 atom stereocenters. The summed E-state index contributed by atoms with van der Waals surface area (Å²) in [5.74, 6) is -0.00278. The van der Waals surface area contributed by atoms with Gasteiger partial charge in [0.05, 0.1) is 0 Å². The molecule has 0 heterocycles. The first-order valence-corrected chi connectivity index (χ1v) is 6.64. The molecular weight excluding hydrogens is 232 g/mol. The molecule has 0 bridgehead atoms. The fourth-order valence-corrected chi connectivity index (χ4v) is 1.56. The molecule has 0 aromatic rings. The smallest absolute Gasteiger partial charge is 0.303 e. The average Bonchev–Trinajstić information content (AvgIpc) is 2.33. The van der Waals surface area contributed by atoms with Crippen LogP contribution in [0.25, 0.3) is 0 Å². The van der Waals surface area contributed by atoms with Crippen molar-refractivity contribution in [3.8, 4) is 0 Å². The number of hydrogen-bond acceptors (Lipinski definition) is 3. The first-order chi connectivity index (χ1) is 8.45. The number of carbonyl (C=O) groups is 2. The number of amides is 1. The topological polar surface area (TPSA) is 92.4 Å². The Morgan fingerprint density at radius 2 is 1.72 bits per heavy atom. The lowest BCUT2D eigenvalue weighted by Crippen LogP contribution is -2.26. The van der Waals surface area contributed by atoms with Crippen LogP contribution in [0.5, 0.6) is 0 Å². The van der Waals surface area contributed by atoms with Gasteiger partial charge in [-0.25, -0.2) is 0 Å². The second-order valence-corrected chi connectivity index (χ2v) is 5.06. The van der Waals surface area contributed by atoms with Gasteiger partial charge >= 0.3 is 5.97 Å². The van der Waals surface area contributed by atoms with Crippen molar-refractivity contribution in [3.63, 3.8) is 0 Å². The molecule has 18 heavy (non-hydrogen) atoms. The highest BCUT2D eigenvalue weighted by atomic mass is 16.4. The summed E-state index contributed by atoms with van der Waals surface area (Å²) in [6, 6.07) is 0. The van der Waals surface area contributed by atoms with Gasteiger partial charge in [0.15, 0.2) is 0 Å². The van der Waals surface area contributed by atoms with Crippen LogP contribution in [0.4, 0.5) is 0 Å². The van der Waals surface area contributed by atoms with Gasteiger partial charge in [-0.05, 0) is 37.6 Å². The van der Waals surface area contributed by atoms with Gasteiger partial charge in [-0.1, -0.05) is 13.8 Å². The molecular formula is C13H26N2O3. The molecule has 5 nitrogen and oxygen atoms in total. The van der Waals surface area contributed by atoms with Gasteiger partial charge in [0, 0.05) is 19.4 Å². The van der Waals surface area contributed by atoms with Crippen LogP contribution in [0.15, 0.2) is 0 Å². The Labute approximate surface area is 109 Å². The number of nitrogens with one attached hydrogen (secondary N) is 1. The summed E-state index contributed by atoms with van der Waals surface area (Å²) in [4.78, 5) is 21.8. The first kappa shape index (κ1) is 16.9. The molecule has 4 N–H and O–H groups in total. The number of carboxylic acid groups (broad SMARTS) is 1. The summed E-state index contributed by atoms with van der Waals surface area (Å²) in [6.07, 6.45) is 3.02. The average molecular weight is 258 g/mol. The minimum absolute atomic E-state index is 0.0562. The quantitative estimate of drug-likeness (QED) is 0.552. The SMILES string of the molecule is CC(CN)CCC(=O)NCCC(C)CCC(=O)O. The number of rotatable bonds is 10. The predicted octanol–water partition coefficient (Wildman–Crippen LogP) is 1.37. The van der Waals surface area contributed by atoms with Crippen LogP contribution in [0, 0.1) is 11.8 Å². The Morgan fingerprint density at radius 1 is 1.11 bits per heavy atom. The zero-order chi connectivity index (χ0) is 14.0. The fourth-order valence-electron chi connectivity index (χ4n) is 1.56. The number of nitrogens with two attached hydrogens (primary N) is 1. The summed E-state index contributed by atoms with van der Waals surface area (Å²) in [6.45, 7) is 5.27. The van der Waals surface area contributed by atoms with E-state index in [2.05, 4.69) is 5.32 Å². The molecule has 0 rings (SSSR count). The van der Waals surface area contributed by atoms with Crippen LogP contribution in [0.3, 0.4) is 0 Å². The molecule has 5 heteroatoms.